The van der Waals surface area contributed by atoms with E-state index in [2.05, 4.69) is 0 Å². The lowest BCUT2D eigenvalue weighted by Crippen LogP contribution is -2.51. The molecule has 0 aromatic heterocycles. The van der Waals surface area contributed by atoms with Crippen molar-refractivity contribution in [3.8, 4) is 5.75 Å². The molecule has 7 heteroatoms. The fourth-order valence-corrected chi connectivity index (χ4v) is 5.66. The highest BCUT2D eigenvalue weighted by atomic mass is 16.6. The van der Waals surface area contributed by atoms with Crippen LogP contribution in [0.1, 0.15) is 38.5 Å². The van der Waals surface area contributed by atoms with Gasteiger partial charge in [-0.2, -0.15) is 0 Å². The van der Waals surface area contributed by atoms with Crippen molar-refractivity contribution in [3.05, 3.63) is 34.4 Å². The summed E-state index contributed by atoms with van der Waals surface area (Å²) >= 11 is 0. The number of hydrogen-bond donors (Lipinski definition) is 0. The van der Waals surface area contributed by atoms with Crippen molar-refractivity contribution in [1.29, 1.82) is 0 Å². The number of rotatable bonds is 7. The molecular weight excluding hydrogens is 350 g/mol. The largest absolute Gasteiger partial charge is 0.475 e. The number of ketones is 1. The molecule has 27 heavy (non-hydrogen) atoms. The average Bonchev–Trinajstić information content (AvgIpc) is 2.63. The molecule has 0 N–H and O–H groups in total. The van der Waals surface area contributed by atoms with Crippen LogP contribution in [0.4, 0.5) is 5.69 Å². The van der Waals surface area contributed by atoms with E-state index in [1.54, 1.807) is 6.07 Å². The van der Waals surface area contributed by atoms with Crippen molar-refractivity contribution in [3.63, 3.8) is 0 Å². The zero-order valence-corrected chi connectivity index (χ0v) is 15.1. The second kappa shape index (κ2) is 6.94. The number of nitro groups is 1. The first kappa shape index (κ1) is 17.9. The van der Waals surface area contributed by atoms with Gasteiger partial charge in [-0.3, -0.25) is 14.9 Å². The summed E-state index contributed by atoms with van der Waals surface area (Å²) in [5.74, 6) is 1.30. The molecule has 144 valence electrons. The molecule has 0 spiro atoms. The van der Waals surface area contributed by atoms with Crippen molar-refractivity contribution >= 4 is 17.4 Å². The summed E-state index contributed by atoms with van der Waals surface area (Å²) in [5, 5.41) is 11.0. The van der Waals surface area contributed by atoms with Gasteiger partial charge in [0.2, 0.25) is 0 Å². The third-order valence-electron chi connectivity index (χ3n) is 6.40. The van der Waals surface area contributed by atoms with Crippen molar-refractivity contribution in [2.45, 2.75) is 38.5 Å². The van der Waals surface area contributed by atoms with E-state index < -0.39 is 17.5 Å². The van der Waals surface area contributed by atoms with Gasteiger partial charge in [0.15, 0.2) is 24.7 Å². The van der Waals surface area contributed by atoms with Crippen molar-refractivity contribution in [2.75, 3.05) is 13.2 Å². The van der Waals surface area contributed by atoms with Gasteiger partial charge in [-0.05, 0) is 62.3 Å². The van der Waals surface area contributed by atoms with Crippen LogP contribution in [0.15, 0.2) is 24.3 Å². The van der Waals surface area contributed by atoms with E-state index in [9.17, 15) is 19.7 Å². The van der Waals surface area contributed by atoms with Crippen LogP contribution in [0.3, 0.4) is 0 Å². The Balaban J connectivity index is 1.30. The standard InChI is InChI=1S/C20H23NO6/c22-18(20-8-13-5-14(9-20)7-15(6-13)10-20)11-27-19(23)12-26-17-4-2-1-3-16(17)21(24)25/h1-4,13-15H,5-12H2. The molecule has 4 fully saturated rings. The lowest BCUT2D eigenvalue weighted by molar-refractivity contribution is -0.385. The zero-order chi connectivity index (χ0) is 19.0. The van der Waals surface area contributed by atoms with Crippen LogP contribution in [0.2, 0.25) is 0 Å². The summed E-state index contributed by atoms with van der Waals surface area (Å²) in [4.78, 5) is 35.2. The monoisotopic (exact) mass is 373 g/mol. The van der Waals surface area contributed by atoms with Crippen LogP contribution in [0, 0.1) is 33.3 Å². The highest BCUT2D eigenvalue weighted by Crippen LogP contribution is 2.60. The van der Waals surface area contributed by atoms with Gasteiger partial charge >= 0.3 is 11.7 Å². The molecule has 1 aromatic carbocycles. The van der Waals surface area contributed by atoms with Crippen LogP contribution in [-0.4, -0.2) is 29.9 Å². The molecule has 4 aliphatic rings. The van der Waals surface area contributed by atoms with Gasteiger partial charge in [0.05, 0.1) is 4.92 Å². The molecule has 0 heterocycles. The number of carbonyl (C=O) groups is 2. The molecule has 4 bridgehead atoms. The lowest BCUT2D eigenvalue weighted by Gasteiger charge is -2.55. The van der Waals surface area contributed by atoms with E-state index in [0.717, 1.165) is 19.3 Å². The number of para-hydroxylation sites is 2. The number of ether oxygens (including phenoxy) is 2. The molecular formula is C20H23NO6. The lowest BCUT2D eigenvalue weighted by atomic mass is 9.48. The number of esters is 1. The molecule has 0 amide bonds. The van der Waals surface area contributed by atoms with Gasteiger partial charge in [-0.25, -0.2) is 4.79 Å². The van der Waals surface area contributed by atoms with Crippen LogP contribution in [-0.2, 0) is 14.3 Å². The molecule has 0 atom stereocenters. The van der Waals surface area contributed by atoms with Crippen LogP contribution in [0.5, 0.6) is 5.75 Å². The average molecular weight is 373 g/mol. The number of Topliss-reactive ketones (excluding diaryl/α,β-unsaturated/α-hetero) is 1. The molecule has 5 rings (SSSR count). The highest BCUT2D eigenvalue weighted by Gasteiger charge is 2.54. The fourth-order valence-electron chi connectivity index (χ4n) is 5.66. The first-order valence-corrected chi connectivity index (χ1v) is 9.50. The smallest absolute Gasteiger partial charge is 0.344 e. The maximum atomic E-state index is 12.8. The van der Waals surface area contributed by atoms with Gasteiger partial charge in [0, 0.05) is 11.5 Å². The molecule has 1 aromatic rings. The molecule has 0 unspecified atom stereocenters. The third kappa shape index (κ3) is 3.55. The normalized spacial score (nSPS) is 30.7. The number of carbonyl (C=O) groups excluding carboxylic acids is 2. The SMILES string of the molecule is O=C(COc1ccccc1[N+](=O)[O-])OCC(=O)C12CC3CC(CC(C3)C1)C2. The predicted molar refractivity (Wildman–Crippen MR) is 95.2 cm³/mol. The molecule has 0 saturated heterocycles. The Morgan fingerprint density at radius 3 is 2.22 bits per heavy atom. The summed E-state index contributed by atoms with van der Waals surface area (Å²) < 4.78 is 10.3. The van der Waals surface area contributed by atoms with Gasteiger partial charge in [-0.1, -0.05) is 12.1 Å². The maximum absolute atomic E-state index is 12.8. The topological polar surface area (TPSA) is 95.7 Å². The van der Waals surface area contributed by atoms with Crippen LogP contribution in [0.25, 0.3) is 0 Å². The van der Waals surface area contributed by atoms with Gasteiger partial charge in [0.25, 0.3) is 0 Å². The van der Waals surface area contributed by atoms with Crippen molar-refractivity contribution in [1.82, 2.24) is 0 Å². The van der Waals surface area contributed by atoms with E-state index in [4.69, 9.17) is 9.47 Å². The minimum absolute atomic E-state index is 0.00635. The van der Waals surface area contributed by atoms with Crippen molar-refractivity contribution in [2.24, 2.45) is 23.2 Å². The predicted octanol–water partition coefficient (Wildman–Crippen LogP) is 3.30. The molecule has 0 radical (unpaired) electrons. The molecule has 4 aliphatic carbocycles. The van der Waals surface area contributed by atoms with E-state index >= 15 is 0 Å². The second-order valence-corrected chi connectivity index (χ2v) is 8.30. The minimum Gasteiger partial charge on any atom is -0.475 e. The number of benzene rings is 1. The Morgan fingerprint density at radius 2 is 1.63 bits per heavy atom. The quantitative estimate of drug-likeness (QED) is 0.413. The van der Waals surface area contributed by atoms with Crippen molar-refractivity contribution < 1.29 is 24.0 Å². The summed E-state index contributed by atoms with van der Waals surface area (Å²) in [6.07, 6.45) is 6.54. The summed E-state index contributed by atoms with van der Waals surface area (Å²) in [5.41, 5.74) is -0.511. The molecule has 7 nitrogen and oxygen atoms in total. The van der Waals surface area contributed by atoms with Gasteiger partial charge in [0.1, 0.15) is 0 Å². The van der Waals surface area contributed by atoms with E-state index in [1.165, 1.54) is 37.5 Å². The van der Waals surface area contributed by atoms with Gasteiger partial charge < -0.3 is 9.47 Å². The number of nitrogens with zero attached hydrogens (tertiary/aromatic N) is 1. The first-order chi connectivity index (χ1) is 12.9. The highest BCUT2D eigenvalue weighted by molar-refractivity contribution is 5.88. The Kier molecular flexibility index (Phi) is 4.61. The second-order valence-electron chi connectivity index (χ2n) is 8.30. The van der Waals surface area contributed by atoms with Crippen LogP contribution < -0.4 is 4.74 Å². The van der Waals surface area contributed by atoms with Gasteiger partial charge in [-0.15, -0.1) is 0 Å². The number of hydrogen-bond acceptors (Lipinski definition) is 6. The maximum Gasteiger partial charge on any atom is 0.344 e. The Morgan fingerprint density at radius 1 is 1.04 bits per heavy atom. The molecule has 0 aliphatic heterocycles. The zero-order valence-electron chi connectivity index (χ0n) is 15.1. The van der Waals surface area contributed by atoms with E-state index in [-0.39, 0.29) is 29.2 Å². The van der Waals surface area contributed by atoms with E-state index in [0.29, 0.717) is 17.8 Å². The third-order valence-corrected chi connectivity index (χ3v) is 6.40. The summed E-state index contributed by atoms with van der Waals surface area (Å²) in [6.45, 7) is -0.690. The minimum atomic E-state index is -0.689. The summed E-state index contributed by atoms with van der Waals surface area (Å²) in [6, 6.07) is 5.83. The van der Waals surface area contributed by atoms with Crippen LogP contribution >= 0.6 is 0 Å². The Labute approximate surface area is 157 Å². The van der Waals surface area contributed by atoms with E-state index in [1.807, 2.05) is 0 Å². The molecule has 4 saturated carbocycles. The fraction of sp³-hybridized carbons (Fsp3) is 0.600. The first-order valence-electron chi connectivity index (χ1n) is 9.50. The Bertz CT molecular complexity index is 738. The summed E-state index contributed by atoms with van der Waals surface area (Å²) in [7, 11) is 0. The Hall–Kier alpha value is -2.44. The number of nitro benzene ring substituents is 1.